The summed E-state index contributed by atoms with van der Waals surface area (Å²) in [6.07, 6.45) is 46.0. The predicted molar refractivity (Wildman–Crippen MR) is 201 cm³/mol. The van der Waals surface area contributed by atoms with Gasteiger partial charge in [-0.3, -0.25) is 9.79 Å². The number of carbonyl (C=O) groups excluding carboxylic acids is 1. The molecule has 0 aromatic carbocycles. The zero-order valence-corrected chi connectivity index (χ0v) is 30.9. The molecule has 1 rings (SSSR count). The molecule has 1 heterocycles. The molecular weight excluding hydrogens is 550 g/mol. The van der Waals surface area contributed by atoms with Crippen LogP contribution in [0.1, 0.15) is 219 Å². The van der Waals surface area contributed by atoms with Gasteiger partial charge in [-0.2, -0.15) is 0 Å². The minimum Gasteiger partial charge on any atom is -0.359 e. The van der Waals surface area contributed by atoms with Gasteiger partial charge in [0, 0.05) is 25.6 Å². The highest BCUT2D eigenvalue weighted by Gasteiger charge is 2.18. The van der Waals surface area contributed by atoms with Crippen molar-refractivity contribution in [3.63, 3.8) is 0 Å². The predicted octanol–water partition coefficient (Wildman–Crippen LogP) is 12.6. The summed E-state index contributed by atoms with van der Waals surface area (Å²) in [6.45, 7) is 8.13. The van der Waals surface area contributed by atoms with Crippen molar-refractivity contribution in [2.24, 2.45) is 10.9 Å². The van der Waals surface area contributed by atoms with Crippen molar-refractivity contribution in [1.29, 1.82) is 0 Å². The van der Waals surface area contributed by atoms with Crippen molar-refractivity contribution in [2.75, 3.05) is 26.2 Å². The van der Waals surface area contributed by atoms with E-state index in [1.807, 2.05) is 6.34 Å². The molecule has 45 heavy (non-hydrogen) atoms. The quantitative estimate of drug-likeness (QED) is 0.0699. The molecule has 0 radical (unpaired) electrons. The van der Waals surface area contributed by atoms with Crippen LogP contribution in [0.4, 0.5) is 0 Å². The van der Waals surface area contributed by atoms with Crippen molar-refractivity contribution < 1.29 is 4.79 Å². The van der Waals surface area contributed by atoms with Gasteiger partial charge in [0.05, 0.1) is 12.9 Å². The lowest BCUT2D eigenvalue weighted by atomic mass is 9.93. The van der Waals surface area contributed by atoms with E-state index in [4.69, 9.17) is 0 Å². The first-order valence-electron chi connectivity index (χ1n) is 20.8. The molecule has 1 aliphatic heterocycles. The second-order valence-corrected chi connectivity index (χ2v) is 14.5. The maximum absolute atomic E-state index is 13.1. The fourth-order valence-corrected chi connectivity index (χ4v) is 6.98. The van der Waals surface area contributed by atoms with Gasteiger partial charge in [-0.15, -0.1) is 0 Å². The number of aliphatic imine (C=N–C) groups is 1. The molecule has 4 heteroatoms. The average Bonchev–Trinajstić information content (AvgIpc) is 3.57. The number of hydrogen-bond acceptors (Lipinski definition) is 3. The second kappa shape index (κ2) is 34.3. The van der Waals surface area contributed by atoms with Crippen LogP contribution in [0, 0.1) is 5.92 Å². The molecule has 1 atom stereocenters. The molecule has 0 bridgehead atoms. The Morgan fingerprint density at radius 1 is 0.556 bits per heavy atom. The van der Waals surface area contributed by atoms with Crippen LogP contribution in [0.3, 0.4) is 0 Å². The molecule has 0 aliphatic carbocycles. The van der Waals surface area contributed by atoms with Crippen LogP contribution in [0.25, 0.3) is 0 Å². The largest absolute Gasteiger partial charge is 0.359 e. The number of amides is 1. The minimum atomic E-state index is 0.209. The summed E-state index contributed by atoms with van der Waals surface area (Å²) < 4.78 is 0. The summed E-state index contributed by atoms with van der Waals surface area (Å²) in [4.78, 5) is 19.6. The van der Waals surface area contributed by atoms with Crippen molar-refractivity contribution in [1.82, 2.24) is 10.2 Å². The van der Waals surface area contributed by atoms with Crippen LogP contribution < -0.4 is 5.32 Å². The van der Waals surface area contributed by atoms with E-state index < -0.39 is 0 Å². The standard InChI is InChI=1S/C41H81N3O/c1-3-5-7-9-11-13-15-17-19-20-22-24-26-28-30-32-34-40(41(45)43-36-38-44-37-35-42-39-44)33-31-29-27-25-23-21-18-16-14-12-10-8-6-4-2/h39-40H,3-38H2,1-2H3,(H,43,45). The Morgan fingerprint density at radius 3 is 1.20 bits per heavy atom. The molecule has 1 N–H and O–H groups in total. The third-order valence-electron chi connectivity index (χ3n) is 10.1. The molecule has 0 saturated heterocycles. The van der Waals surface area contributed by atoms with E-state index in [9.17, 15) is 4.79 Å². The lowest BCUT2D eigenvalue weighted by Gasteiger charge is -2.19. The Kier molecular flexibility index (Phi) is 32.0. The Labute approximate surface area is 283 Å². The molecule has 0 fully saturated rings. The monoisotopic (exact) mass is 632 g/mol. The molecule has 0 aromatic rings. The average molecular weight is 632 g/mol. The van der Waals surface area contributed by atoms with Crippen LogP contribution in [0.5, 0.6) is 0 Å². The molecule has 0 aromatic heterocycles. The first kappa shape index (κ1) is 42.0. The molecule has 1 aliphatic rings. The Hall–Kier alpha value is -1.06. The Morgan fingerprint density at radius 2 is 0.889 bits per heavy atom. The third-order valence-corrected chi connectivity index (χ3v) is 10.1. The Bertz CT molecular complexity index is 636. The molecule has 1 amide bonds. The van der Waals surface area contributed by atoms with Gasteiger partial charge >= 0.3 is 0 Å². The number of nitrogens with zero attached hydrogens (tertiary/aromatic N) is 2. The van der Waals surface area contributed by atoms with E-state index in [-0.39, 0.29) is 5.92 Å². The van der Waals surface area contributed by atoms with Crippen LogP contribution in [0.15, 0.2) is 4.99 Å². The number of nitrogens with one attached hydrogen (secondary N) is 1. The highest BCUT2D eigenvalue weighted by Crippen LogP contribution is 2.21. The fraction of sp³-hybridized carbons (Fsp3) is 0.951. The maximum Gasteiger partial charge on any atom is 0.223 e. The Balaban J connectivity index is 2.07. The molecule has 1 unspecified atom stereocenters. The van der Waals surface area contributed by atoms with Crippen LogP contribution in [-0.4, -0.2) is 43.3 Å². The molecule has 0 spiro atoms. The second-order valence-electron chi connectivity index (χ2n) is 14.5. The van der Waals surface area contributed by atoms with E-state index >= 15 is 0 Å². The van der Waals surface area contributed by atoms with Gasteiger partial charge in [0.2, 0.25) is 5.91 Å². The lowest BCUT2D eigenvalue weighted by molar-refractivity contribution is -0.125. The summed E-state index contributed by atoms with van der Waals surface area (Å²) in [5, 5.41) is 3.27. The van der Waals surface area contributed by atoms with Gasteiger partial charge < -0.3 is 10.2 Å². The maximum atomic E-state index is 13.1. The highest BCUT2D eigenvalue weighted by molar-refractivity contribution is 5.78. The molecule has 266 valence electrons. The highest BCUT2D eigenvalue weighted by atomic mass is 16.1. The summed E-state index contributed by atoms with van der Waals surface area (Å²) in [6, 6.07) is 0. The van der Waals surface area contributed by atoms with Gasteiger partial charge in [0.15, 0.2) is 0 Å². The normalized spacial score (nSPS) is 13.6. The van der Waals surface area contributed by atoms with E-state index in [1.54, 1.807) is 0 Å². The van der Waals surface area contributed by atoms with Gasteiger partial charge in [-0.1, -0.05) is 206 Å². The van der Waals surface area contributed by atoms with E-state index in [0.29, 0.717) is 5.91 Å². The summed E-state index contributed by atoms with van der Waals surface area (Å²) >= 11 is 0. The SMILES string of the molecule is CCCCCCCCCCCCCCCCCCC(CCCCCCCCCCCCCCCC)C(=O)NCCN1C=NCC1. The van der Waals surface area contributed by atoms with Crippen molar-refractivity contribution >= 4 is 12.2 Å². The van der Waals surface area contributed by atoms with Gasteiger partial charge in [-0.05, 0) is 12.8 Å². The number of rotatable bonds is 36. The first-order valence-corrected chi connectivity index (χ1v) is 20.8. The van der Waals surface area contributed by atoms with E-state index in [2.05, 4.69) is 29.1 Å². The minimum absolute atomic E-state index is 0.209. The summed E-state index contributed by atoms with van der Waals surface area (Å²) in [7, 11) is 0. The fourth-order valence-electron chi connectivity index (χ4n) is 6.98. The third kappa shape index (κ3) is 28.9. The number of unbranched alkanes of at least 4 members (excludes halogenated alkanes) is 28. The summed E-state index contributed by atoms with van der Waals surface area (Å²) in [5.41, 5.74) is 0. The topological polar surface area (TPSA) is 44.7 Å². The van der Waals surface area contributed by atoms with Crippen LogP contribution >= 0.6 is 0 Å². The molecule has 4 nitrogen and oxygen atoms in total. The van der Waals surface area contributed by atoms with E-state index in [1.165, 1.54) is 193 Å². The van der Waals surface area contributed by atoms with Crippen molar-refractivity contribution in [3.8, 4) is 0 Å². The van der Waals surface area contributed by atoms with Gasteiger partial charge in [-0.25, -0.2) is 0 Å². The van der Waals surface area contributed by atoms with Gasteiger partial charge in [0.25, 0.3) is 0 Å². The zero-order chi connectivity index (χ0) is 32.3. The van der Waals surface area contributed by atoms with Crippen molar-refractivity contribution in [2.45, 2.75) is 219 Å². The molecular formula is C41H81N3O. The van der Waals surface area contributed by atoms with Gasteiger partial charge in [0.1, 0.15) is 0 Å². The molecule has 0 saturated carbocycles. The van der Waals surface area contributed by atoms with Crippen LogP contribution in [0.2, 0.25) is 0 Å². The smallest absolute Gasteiger partial charge is 0.223 e. The first-order chi connectivity index (χ1) is 22.3. The summed E-state index contributed by atoms with van der Waals surface area (Å²) in [5.74, 6) is 0.517. The lowest BCUT2D eigenvalue weighted by Crippen LogP contribution is -2.37. The number of carbonyl (C=O) groups is 1. The zero-order valence-electron chi connectivity index (χ0n) is 30.9. The van der Waals surface area contributed by atoms with Crippen molar-refractivity contribution in [3.05, 3.63) is 0 Å². The van der Waals surface area contributed by atoms with Crippen LogP contribution in [-0.2, 0) is 4.79 Å². The van der Waals surface area contributed by atoms with E-state index in [0.717, 1.165) is 39.0 Å². The number of hydrogen-bond donors (Lipinski definition) is 1.